The highest BCUT2D eigenvalue weighted by molar-refractivity contribution is 5.94. The van der Waals surface area contributed by atoms with Crippen LogP contribution in [-0.2, 0) is 7.05 Å². The lowest BCUT2D eigenvalue weighted by molar-refractivity contribution is 0.0939. The lowest BCUT2D eigenvalue weighted by Crippen LogP contribution is -2.26. The van der Waals surface area contributed by atoms with Crippen LogP contribution >= 0.6 is 0 Å². The molecular formula is C16H21N3O. The van der Waals surface area contributed by atoms with Crippen LogP contribution in [0, 0.1) is 20.8 Å². The third-order valence-corrected chi connectivity index (χ3v) is 3.63. The molecule has 1 unspecified atom stereocenters. The SMILES string of the molecule is Cc1ccc(C(=O)NC(C)c2cn(C)nc2C)cc1C. The number of aromatic nitrogens is 2. The molecule has 1 N–H and O–H groups in total. The molecule has 20 heavy (non-hydrogen) atoms. The molecule has 0 spiro atoms. The zero-order valence-electron chi connectivity index (χ0n) is 12.7. The predicted molar refractivity (Wildman–Crippen MR) is 79.7 cm³/mol. The number of carbonyl (C=O) groups excluding carboxylic acids is 1. The molecule has 0 aliphatic carbocycles. The summed E-state index contributed by atoms with van der Waals surface area (Å²) in [6, 6.07) is 5.70. The lowest BCUT2D eigenvalue weighted by Gasteiger charge is -2.14. The fraction of sp³-hybridized carbons (Fsp3) is 0.375. The van der Waals surface area contributed by atoms with Gasteiger partial charge in [0, 0.05) is 24.4 Å². The average molecular weight is 271 g/mol. The van der Waals surface area contributed by atoms with Crippen molar-refractivity contribution in [3.8, 4) is 0 Å². The third kappa shape index (κ3) is 2.90. The zero-order chi connectivity index (χ0) is 14.9. The fourth-order valence-electron chi connectivity index (χ4n) is 2.28. The molecule has 1 heterocycles. The molecule has 0 aliphatic heterocycles. The minimum Gasteiger partial charge on any atom is -0.345 e. The van der Waals surface area contributed by atoms with Gasteiger partial charge in [-0.15, -0.1) is 0 Å². The number of hydrogen-bond donors (Lipinski definition) is 1. The number of aryl methyl sites for hydroxylation is 4. The quantitative estimate of drug-likeness (QED) is 0.933. The van der Waals surface area contributed by atoms with E-state index in [0.29, 0.717) is 5.56 Å². The summed E-state index contributed by atoms with van der Waals surface area (Å²) < 4.78 is 1.77. The van der Waals surface area contributed by atoms with Gasteiger partial charge in [-0.3, -0.25) is 9.48 Å². The number of hydrogen-bond acceptors (Lipinski definition) is 2. The second kappa shape index (κ2) is 5.49. The van der Waals surface area contributed by atoms with E-state index in [4.69, 9.17) is 0 Å². The number of carbonyl (C=O) groups is 1. The Morgan fingerprint density at radius 2 is 1.95 bits per heavy atom. The minimum atomic E-state index is -0.0576. The van der Waals surface area contributed by atoms with Gasteiger partial charge >= 0.3 is 0 Å². The molecule has 2 aromatic rings. The minimum absolute atomic E-state index is 0.0520. The smallest absolute Gasteiger partial charge is 0.251 e. The average Bonchev–Trinajstić information content (AvgIpc) is 2.71. The van der Waals surface area contributed by atoms with Crippen LogP contribution in [0.2, 0.25) is 0 Å². The Morgan fingerprint density at radius 1 is 1.25 bits per heavy atom. The van der Waals surface area contributed by atoms with Crippen molar-refractivity contribution in [2.75, 3.05) is 0 Å². The zero-order valence-corrected chi connectivity index (χ0v) is 12.7. The molecular weight excluding hydrogens is 250 g/mol. The first kappa shape index (κ1) is 14.3. The summed E-state index contributed by atoms with van der Waals surface area (Å²) in [7, 11) is 1.88. The monoisotopic (exact) mass is 271 g/mol. The summed E-state index contributed by atoms with van der Waals surface area (Å²) in [5.41, 5.74) is 5.01. The van der Waals surface area contributed by atoms with Gasteiger partial charge in [0.05, 0.1) is 11.7 Å². The molecule has 106 valence electrons. The van der Waals surface area contributed by atoms with Crippen LogP contribution in [0.1, 0.15) is 45.7 Å². The molecule has 4 nitrogen and oxygen atoms in total. The van der Waals surface area contributed by atoms with Gasteiger partial charge in [-0.25, -0.2) is 0 Å². The van der Waals surface area contributed by atoms with Gasteiger partial charge in [0.1, 0.15) is 0 Å². The number of benzene rings is 1. The van der Waals surface area contributed by atoms with Gasteiger partial charge in [0.15, 0.2) is 0 Å². The topological polar surface area (TPSA) is 46.9 Å². The van der Waals surface area contributed by atoms with Crippen LogP contribution < -0.4 is 5.32 Å². The van der Waals surface area contributed by atoms with E-state index < -0.39 is 0 Å². The van der Waals surface area contributed by atoms with Crippen molar-refractivity contribution in [1.29, 1.82) is 0 Å². The van der Waals surface area contributed by atoms with Crippen LogP contribution in [-0.4, -0.2) is 15.7 Å². The van der Waals surface area contributed by atoms with Gasteiger partial charge in [-0.1, -0.05) is 6.07 Å². The number of nitrogens with one attached hydrogen (secondary N) is 1. The first-order chi connectivity index (χ1) is 9.38. The Bertz CT molecular complexity index is 643. The Hall–Kier alpha value is -2.10. The highest BCUT2D eigenvalue weighted by atomic mass is 16.1. The van der Waals surface area contributed by atoms with Crippen molar-refractivity contribution < 1.29 is 4.79 Å². The van der Waals surface area contributed by atoms with Crippen molar-refractivity contribution in [2.45, 2.75) is 33.7 Å². The molecule has 2 rings (SSSR count). The maximum absolute atomic E-state index is 12.3. The van der Waals surface area contributed by atoms with Gasteiger partial charge in [0.2, 0.25) is 0 Å². The van der Waals surface area contributed by atoms with Gasteiger partial charge < -0.3 is 5.32 Å². The summed E-state index contributed by atoms with van der Waals surface area (Å²) in [5, 5.41) is 7.32. The second-order valence-electron chi connectivity index (χ2n) is 5.34. The summed E-state index contributed by atoms with van der Waals surface area (Å²) in [6.07, 6.45) is 1.95. The molecule has 1 amide bonds. The number of nitrogens with zero attached hydrogens (tertiary/aromatic N) is 2. The summed E-state index contributed by atoms with van der Waals surface area (Å²) in [4.78, 5) is 12.3. The standard InChI is InChI=1S/C16H21N3O/c1-10-6-7-14(8-11(10)2)16(20)17-12(3)15-9-19(5)18-13(15)4/h6-9,12H,1-5H3,(H,17,20). The molecule has 0 radical (unpaired) electrons. The van der Waals surface area contributed by atoms with Crippen molar-refractivity contribution in [3.05, 3.63) is 52.3 Å². The Morgan fingerprint density at radius 3 is 2.50 bits per heavy atom. The summed E-state index contributed by atoms with van der Waals surface area (Å²) in [5.74, 6) is -0.0520. The molecule has 0 saturated carbocycles. The van der Waals surface area contributed by atoms with E-state index in [-0.39, 0.29) is 11.9 Å². The molecule has 1 aromatic carbocycles. The van der Waals surface area contributed by atoms with E-state index in [1.807, 2.05) is 59.1 Å². The van der Waals surface area contributed by atoms with Crippen molar-refractivity contribution >= 4 is 5.91 Å². The number of rotatable bonds is 3. The van der Waals surface area contributed by atoms with Gasteiger partial charge in [-0.2, -0.15) is 5.10 Å². The van der Waals surface area contributed by atoms with Crippen molar-refractivity contribution in [1.82, 2.24) is 15.1 Å². The van der Waals surface area contributed by atoms with Crippen LogP contribution in [0.4, 0.5) is 0 Å². The van der Waals surface area contributed by atoms with Crippen molar-refractivity contribution in [2.24, 2.45) is 7.05 Å². The molecule has 4 heteroatoms. The highest BCUT2D eigenvalue weighted by Crippen LogP contribution is 2.17. The molecule has 0 fully saturated rings. The fourth-order valence-corrected chi connectivity index (χ4v) is 2.28. The Kier molecular flexibility index (Phi) is 3.93. The largest absolute Gasteiger partial charge is 0.345 e. The third-order valence-electron chi connectivity index (χ3n) is 3.63. The Labute approximate surface area is 119 Å². The lowest BCUT2D eigenvalue weighted by atomic mass is 10.0. The molecule has 1 atom stereocenters. The normalized spacial score (nSPS) is 12.2. The van der Waals surface area contributed by atoms with E-state index >= 15 is 0 Å². The van der Waals surface area contributed by atoms with Gasteiger partial charge in [0.25, 0.3) is 5.91 Å². The predicted octanol–water partition coefficient (Wildman–Crippen LogP) is 2.84. The second-order valence-corrected chi connectivity index (χ2v) is 5.34. The summed E-state index contributed by atoms with van der Waals surface area (Å²) in [6.45, 7) is 7.98. The van der Waals surface area contributed by atoms with Crippen molar-refractivity contribution in [3.63, 3.8) is 0 Å². The number of amides is 1. The highest BCUT2D eigenvalue weighted by Gasteiger charge is 2.15. The van der Waals surface area contributed by atoms with E-state index in [9.17, 15) is 4.79 Å². The van der Waals surface area contributed by atoms with Crippen LogP contribution in [0.5, 0.6) is 0 Å². The maximum atomic E-state index is 12.3. The Balaban J connectivity index is 2.15. The van der Waals surface area contributed by atoms with E-state index in [1.54, 1.807) is 4.68 Å². The summed E-state index contributed by atoms with van der Waals surface area (Å²) >= 11 is 0. The van der Waals surface area contributed by atoms with Crippen LogP contribution in [0.15, 0.2) is 24.4 Å². The molecule has 0 bridgehead atoms. The van der Waals surface area contributed by atoms with E-state index in [1.165, 1.54) is 5.56 Å². The first-order valence-corrected chi connectivity index (χ1v) is 6.76. The first-order valence-electron chi connectivity index (χ1n) is 6.76. The van der Waals surface area contributed by atoms with Crippen LogP contribution in [0.25, 0.3) is 0 Å². The van der Waals surface area contributed by atoms with Gasteiger partial charge in [-0.05, 0) is 51.0 Å². The van der Waals surface area contributed by atoms with Crippen LogP contribution in [0.3, 0.4) is 0 Å². The maximum Gasteiger partial charge on any atom is 0.251 e. The molecule has 0 aliphatic rings. The molecule has 1 aromatic heterocycles. The molecule has 0 saturated heterocycles. The van der Waals surface area contributed by atoms with E-state index in [2.05, 4.69) is 10.4 Å². The van der Waals surface area contributed by atoms with E-state index in [0.717, 1.165) is 16.8 Å².